The smallest absolute Gasteiger partial charge is 0.369 e. The normalized spacial score (nSPS) is 16.1. The van der Waals surface area contributed by atoms with Gasteiger partial charge in [0.15, 0.2) is 5.82 Å². The van der Waals surface area contributed by atoms with Gasteiger partial charge in [0.2, 0.25) is 0 Å². The third-order valence-corrected chi connectivity index (χ3v) is 6.58. The van der Waals surface area contributed by atoms with E-state index >= 15 is 0 Å². The highest BCUT2D eigenvalue weighted by Crippen LogP contribution is 2.32. The minimum atomic E-state index is -4.38. The van der Waals surface area contributed by atoms with Crippen molar-refractivity contribution >= 4 is 17.3 Å². The number of halogens is 4. The minimum absolute atomic E-state index is 0.108. The van der Waals surface area contributed by atoms with Crippen LogP contribution in [0.2, 0.25) is 5.02 Å². The maximum atomic E-state index is 13.2. The second kappa shape index (κ2) is 9.99. The molecule has 2 heterocycles. The standard InChI is InChI=1S/C25H27ClF3N5O/c1-16(2)22-24(35)34(31-23(30-22)20-9-4-5-10-21(20)26)17(3)32-11-13-33(14-12-32)19-8-6-7-18(15-19)25(27,28)29/h4-10,15-17H,11-14H2,1-3H3. The molecule has 1 aliphatic rings. The summed E-state index contributed by atoms with van der Waals surface area (Å²) in [6.45, 7) is 7.89. The first-order chi connectivity index (χ1) is 16.6. The molecule has 186 valence electrons. The first kappa shape index (κ1) is 25.2. The van der Waals surface area contributed by atoms with E-state index in [9.17, 15) is 18.0 Å². The zero-order valence-electron chi connectivity index (χ0n) is 19.8. The second-order valence-corrected chi connectivity index (χ2v) is 9.32. The molecule has 1 saturated heterocycles. The number of rotatable bonds is 5. The van der Waals surface area contributed by atoms with Crippen LogP contribution in [0.5, 0.6) is 0 Å². The number of benzene rings is 2. The lowest BCUT2D eigenvalue weighted by Crippen LogP contribution is -2.50. The lowest BCUT2D eigenvalue weighted by molar-refractivity contribution is -0.137. The van der Waals surface area contributed by atoms with E-state index in [4.69, 9.17) is 11.6 Å². The first-order valence-corrected chi connectivity index (χ1v) is 11.9. The lowest BCUT2D eigenvalue weighted by Gasteiger charge is -2.39. The van der Waals surface area contributed by atoms with Gasteiger partial charge >= 0.3 is 6.18 Å². The summed E-state index contributed by atoms with van der Waals surface area (Å²) >= 11 is 6.37. The van der Waals surface area contributed by atoms with Crippen LogP contribution in [0.25, 0.3) is 11.4 Å². The zero-order valence-corrected chi connectivity index (χ0v) is 20.5. The fourth-order valence-corrected chi connectivity index (χ4v) is 4.44. The summed E-state index contributed by atoms with van der Waals surface area (Å²) in [6.07, 6.45) is -4.75. The summed E-state index contributed by atoms with van der Waals surface area (Å²) in [6, 6.07) is 12.6. The quantitative estimate of drug-likeness (QED) is 0.462. The molecule has 6 nitrogen and oxygen atoms in total. The van der Waals surface area contributed by atoms with E-state index in [1.54, 1.807) is 12.1 Å². The van der Waals surface area contributed by atoms with E-state index in [1.807, 2.05) is 43.9 Å². The Labute approximate surface area is 207 Å². The van der Waals surface area contributed by atoms with Crippen molar-refractivity contribution in [2.45, 2.75) is 39.0 Å². The molecule has 0 bridgehead atoms. The van der Waals surface area contributed by atoms with E-state index in [2.05, 4.69) is 15.0 Å². The van der Waals surface area contributed by atoms with Crippen molar-refractivity contribution in [1.82, 2.24) is 19.7 Å². The number of anilines is 1. The van der Waals surface area contributed by atoms with Gasteiger partial charge in [-0.3, -0.25) is 9.69 Å². The molecular weight excluding hydrogens is 479 g/mol. The van der Waals surface area contributed by atoms with Gasteiger partial charge in [0.25, 0.3) is 5.56 Å². The molecule has 10 heteroatoms. The molecule has 1 unspecified atom stereocenters. The van der Waals surface area contributed by atoms with Crippen molar-refractivity contribution in [2.24, 2.45) is 0 Å². The average molecular weight is 506 g/mol. The van der Waals surface area contributed by atoms with Gasteiger partial charge in [0.1, 0.15) is 11.9 Å². The van der Waals surface area contributed by atoms with Crippen LogP contribution in [0, 0.1) is 0 Å². The van der Waals surface area contributed by atoms with E-state index < -0.39 is 11.7 Å². The van der Waals surface area contributed by atoms with Crippen molar-refractivity contribution in [1.29, 1.82) is 0 Å². The molecule has 1 aromatic heterocycles. The molecular formula is C25H27ClF3N5O. The molecule has 0 amide bonds. The Morgan fingerprint density at radius 3 is 2.29 bits per heavy atom. The van der Waals surface area contributed by atoms with Crippen molar-refractivity contribution in [2.75, 3.05) is 31.1 Å². The highest BCUT2D eigenvalue weighted by molar-refractivity contribution is 6.33. The van der Waals surface area contributed by atoms with Gasteiger partial charge in [0, 0.05) is 43.3 Å². The molecule has 4 rings (SSSR count). The van der Waals surface area contributed by atoms with Crippen LogP contribution in [-0.2, 0) is 6.18 Å². The topological polar surface area (TPSA) is 54.3 Å². The maximum Gasteiger partial charge on any atom is 0.416 e. The highest BCUT2D eigenvalue weighted by atomic mass is 35.5. The number of hydrogen-bond donors (Lipinski definition) is 0. The van der Waals surface area contributed by atoms with Gasteiger partial charge in [-0.25, -0.2) is 9.67 Å². The average Bonchev–Trinajstić information content (AvgIpc) is 2.84. The van der Waals surface area contributed by atoms with Crippen molar-refractivity contribution in [3.8, 4) is 11.4 Å². The van der Waals surface area contributed by atoms with Crippen LogP contribution in [0.15, 0.2) is 53.3 Å². The molecule has 35 heavy (non-hydrogen) atoms. The van der Waals surface area contributed by atoms with Crippen LogP contribution in [-0.4, -0.2) is 45.8 Å². The molecule has 0 aliphatic carbocycles. The van der Waals surface area contributed by atoms with Crippen molar-refractivity contribution < 1.29 is 13.2 Å². The van der Waals surface area contributed by atoms with Crippen LogP contribution in [0.4, 0.5) is 18.9 Å². The second-order valence-electron chi connectivity index (χ2n) is 8.91. The van der Waals surface area contributed by atoms with Crippen LogP contribution in [0.3, 0.4) is 0 Å². The Hall–Kier alpha value is -2.91. The Balaban J connectivity index is 1.58. The van der Waals surface area contributed by atoms with E-state index in [0.717, 1.165) is 6.07 Å². The van der Waals surface area contributed by atoms with Crippen LogP contribution >= 0.6 is 11.6 Å². The highest BCUT2D eigenvalue weighted by Gasteiger charge is 2.31. The number of alkyl halides is 3. The summed E-state index contributed by atoms with van der Waals surface area (Å²) in [7, 11) is 0. The number of nitrogens with zero attached hydrogens (tertiary/aromatic N) is 5. The summed E-state index contributed by atoms with van der Waals surface area (Å²) in [5.41, 5.74) is 0.667. The Morgan fingerprint density at radius 1 is 0.971 bits per heavy atom. The maximum absolute atomic E-state index is 13.2. The zero-order chi connectivity index (χ0) is 25.3. The molecule has 0 radical (unpaired) electrons. The summed E-state index contributed by atoms with van der Waals surface area (Å²) < 4.78 is 40.8. The third kappa shape index (κ3) is 5.36. The van der Waals surface area contributed by atoms with Crippen LogP contribution < -0.4 is 10.5 Å². The van der Waals surface area contributed by atoms with Gasteiger partial charge in [-0.15, -0.1) is 5.10 Å². The fourth-order valence-electron chi connectivity index (χ4n) is 4.22. The lowest BCUT2D eigenvalue weighted by atomic mass is 10.1. The fraction of sp³-hybridized carbons (Fsp3) is 0.400. The van der Waals surface area contributed by atoms with Crippen molar-refractivity contribution in [3.05, 3.63) is 75.2 Å². The SMILES string of the molecule is CC(C)c1nc(-c2ccccc2Cl)nn(C(C)N2CCN(c3cccc(C(F)(F)F)c3)CC2)c1=O. The molecule has 2 aromatic carbocycles. The molecule has 1 fully saturated rings. The summed E-state index contributed by atoms with van der Waals surface area (Å²) in [4.78, 5) is 21.8. The van der Waals surface area contributed by atoms with E-state index in [0.29, 0.717) is 54.0 Å². The first-order valence-electron chi connectivity index (χ1n) is 11.5. The molecule has 1 atom stereocenters. The predicted octanol–water partition coefficient (Wildman–Crippen LogP) is 5.44. The van der Waals surface area contributed by atoms with E-state index in [-0.39, 0.29) is 17.6 Å². The van der Waals surface area contributed by atoms with Gasteiger partial charge in [-0.05, 0) is 37.3 Å². The molecule has 1 aliphatic heterocycles. The van der Waals surface area contributed by atoms with Gasteiger partial charge in [-0.2, -0.15) is 13.2 Å². The molecule has 0 N–H and O–H groups in total. The van der Waals surface area contributed by atoms with Gasteiger partial charge in [-0.1, -0.05) is 43.6 Å². The summed E-state index contributed by atoms with van der Waals surface area (Å²) in [5.74, 6) is 0.274. The largest absolute Gasteiger partial charge is 0.416 e. The van der Waals surface area contributed by atoms with Crippen LogP contribution in [0.1, 0.15) is 44.1 Å². The van der Waals surface area contributed by atoms with Gasteiger partial charge in [0.05, 0.1) is 10.6 Å². The Morgan fingerprint density at radius 2 is 1.66 bits per heavy atom. The minimum Gasteiger partial charge on any atom is -0.369 e. The van der Waals surface area contributed by atoms with Crippen molar-refractivity contribution in [3.63, 3.8) is 0 Å². The summed E-state index contributed by atoms with van der Waals surface area (Å²) in [5, 5.41) is 5.06. The molecule has 0 saturated carbocycles. The van der Waals surface area contributed by atoms with E-state index in [1.165, 1.54) is 16.8 Å². The third-order valence-electron chi connectivity index (χ3n) is 6.25. The predicted molar refractivity (Wildman–Crippen MR) is 131 cm³/mol. The van der Waals surface area contributed by atoms with Gasteiger partial charge < -0.3 is 4.90 Å². The molecule has 0 spiro atoms. The number of aromatic nitrogens is 3. The Kier molecular flexibility index (Phi) is 7.19. The number of piperazine rings is 1. The monoisotopic (exact) mass is 505 g/mol. The Bertz CT molecular complexity index is 1250. The molecule has 3 aromatic rings. The number of hydrogen-bond acceptors (Lipinski definition) is 5.